The summed E-state index contributed by atoms with van der Waals surface area (Å²) in [6.45, 7) is 1.94. The van der Waals surface area contributed by atoms with Gasteiger partial charge in [0.1, 0.15) is 15.3 Å². The fraction of sp³-hybridized carbons (Fsp3) is 0.235. The highest BCUT2D eigenvalue weighted by Gasteiger charge is 2.39. The van der Waals surface area contributed by atoms with Crippen LogP contribution in [0.4, 0.5) is 10.1 Å². The van der Waals surface area contributed by atoms with E-state index in [-0.39, 0.29) is 28.2 Å². The Kier molecular flexibility index (Phi) is 6.16. The number of thioether (sulfide) groups is 1. The van der Waals surface area contributed by atoms with E-state index in [0.29, 0.717) is 5.69 Å². The maximum absolute atomic E-state index is 12.9. The van der Waals surface area contributed by atoms with E-state index in [1.165, 1.54) is 35.2 Å². The summed E-state index contributed by atoms with van der Waals surface area (Å²) in [7, 11) is -3.92. The number of amides is 2. The monoisotopic (exact) mass is 441 g/mol. The minimum Gasteiger partial charge on any atom is -0.326 e. The number of sulfonamides is 1. The number of nitrogens with one attached hydrogen (secondary N) is 1. The van der Waals surface area contributed by atoms with Gasteiger partial charge in [-0.1, -0.05) is 17.8 Å². The van der Waals surface area contributed by atoms with Gasteiger partial charge in [0.05, 0.1) is 0 Å². The number of carbonyl (C=O) groups excluding carboxylic acids is 2. The molecule has 148 valence electrons. The van der Waals surface area contributed by atoms with Crippen LogP contribution in [0.25, 0.3) is 0 Å². The molecule has 1 aromatic heterocycles. The number of rotatable bonds is 6. The van der Waals surface area contributed by atoms with E-state index in [2.05, 4.69) is 9.71 Å². The summed E-state index contributed by atoms with van der Waals surface area (Å²) < 4.78 is 41.6. The molecular formula is C17H16FN3O4S3. The zero-order chi connectivity index (χ0) is 20.3. The molecule has 1 saturated heterocycles. The molecule has 1 fully saturated rings. The smallest absolute Gasteiger partial charge is 0.294 e. The minimum atomic E-state index is -3.92. The Hall–Kier alpha value is -2.24. The first kappa shape index (κ1) is 20.5. The number of thiophene rings is 1. The summed E-state index contributed by atoms with van der Waals surface area (Å²) in [6.07, 6.45) is -0.157. The van der Waals surface area contributed by atoms with Gasteiger partial charge >= 0.3 is 0 Å². The van der Waals surface area contributed by atoms with Crippen LogP contribution in [0, 0.1) is 5.82 Å². The largest absolute Gasteiger partial charge is 0.326 e. The number of amidine groups is 1. The second-order valence-corrected chi connectivity index (χ2v) is 9.68. The molecule has 0 saturated carbocycles. The Morgan fingerprint density at radius 3 is 2.61 bits per heavy atom. The molecule has 2 heterocycles. The topological polar surface area (TPSA) is 95.9 Å². The van der Waals surface area contributed by atoms with Gasteiger partial charge in [0.2, 0.25) is 11.8 Å². The minimum absolute atomic E-state index is 0.0560. The van der Waals surface area contributed by atoms with E-state index in [1.807, 2.05) is 0 Å². The van der Waals surface area contributed by atoms with E-state index < -0.39 is 27.0 Å². The number of carbonyl (C=O) groups is 2. The van der Waals surface area contributed by atoms with Crippen molar-refractivity contribution >= 4 is 55.8 Å². The average molecular weight is 442 g/mol. The molecule has 1 N–H and O–H groups in total. The van der Waals surface area contributed by atoms with Crippen LogP contribution in [0.15, 0.2) is 50.4 Å². The van der Waals surface area contributed by atoms with E-state index in [1.54, 1.807) is 18.4 Å². The lowest BCUT2D eigenvalue weighted by molar-refractivity contribution is -0.128. The van der Waals surface area contributed by atoms with Gasteiger partial charge < -0.3 is 5.32 Å². The Morgan fingerprint density at radius 2 is 2.00 bits per heavy atom. The molecule has 0 spiro atoms. The quantitative estimate of drug-likeness (QED) is 0.744. The first-order chi connectivity index (χ1) is 13.3. The molecule has 2 aromatic rings. The van der Waals surface area contributed by atoms with Crippen LogP contribution in [0.3, 0.4) is 0 Å². The molecule has 1 aliphatic rings. The fourth-order valence-corrected chi connectivity index (χ4v) is 5.86. The van der Waals surface area contributed by atoms with E-state index in [0.717, 1.165) is 23.1 Å². The Morgan fingerprint density at radius 1 is 1.29 bits per heavy atom. The van der Waals surface area contributed by atoms with Crippen molar-refractivity contribution in [3.05, 3.63) is 47.6 Å². The molecular weight excluding hydrogens is 425 g/mol. The van der Waals surface area contributed by atoms with Crippen molar-refractivity contribution in [2.75, 3.05) is 11.9 Å². The molecule has 2 amide bonds. The van der Waals surface area contributed by atoms with Crippen LogP contribution in [0.2, 0.25) is 0 Å². The van der Waals surface area contributed by atoms with E-state index in [9.17, 15) is 22.4 Å². The number of benzene rings is 1. The van der Waals surface area contributed by atoms with E-state index >= 15 is 0 Å². The molecule has 7 nitrogen and oxygen atoms in total. The molecule has 11 heteroatoms. The summed E-state index contributed by atoms with van der Waals surface area (Å²) in [6, 6.07) is 8.29. The molecule has 1 unspecified atom stereocenters. The summed E-state index contributed by atoms with van der Waals surface area (Å²) in [5.41, 5.74) is 0.406. The van der Waals surface area contributed by atoms with Gasteiger partial charge in [0.25, 0.3) is 10.0 Å². The average Bonchev–Trinajstić information content (AvgIpc) is 3.27. The molecule has 3 rings (SSSR count). The second kappa shape index (κ2) is 8.41. The summed E-state index contributed by atoms with van der Waals surface area (Å²) in [5, 5.41) is 3.49. The van der Waals surface area contributed by atoms with Gasteiger partial charge in [-0.05, 0) is 42.6 Å². The highest BCUT2D eigenvalue weighted by Crippen LogP contribution is 2.31. The maximum Gasteiger partial charge on any atom is 0.294 e. The Bertz CT molecular complexity index is 1000. The van der Waals surface area contributed by atoms with Gasteiger partial charge in [-0.15, -0.1) is 15.7 Å². The molecule has 0 radical (unpaired) electrons. The molecule has 1 aliphatic heterocycles. The van der Waals surface area contributed by atoms with Crippen molar-refractivity contribution < 1.29 is 22.4 Å². The lowest BCUT2D eigenvalue weighted by atomic mass is 10.2. The fourth-order valence-electron chi connectivity index (χ4n) is 2.47. The summed E-state index contributed by atoms with van der Waals surface area (Å²) in [4.78, 5) is 26.0. The highest BCUT2D eigenvalue weighted by atomic mass is 32.2. The van der Waals surface area contributed by atoms with Gasteiger partial charge in [-0.25, -0.2) is 4.39 Å². The molecule has 28 heavy (non-hydrogen) atoms. The number of hydrogen-bond donors (Lipinski definition) is 1. The summed E-state index contributed by atoms with van der Waals surface area (Å²) in [5.74, 6) is -1.23. The first-order valence-electron chi connectivity index (χ1n) is 8.22. The number of halogens is 1. The third-order valence-electron chi connectivity index (χ3n) is 3.78. The van der Waals surface area contributed by atoms with Crippen molar-refractivity contribution in [3.8, 4) is 0 Å². The molecule has 0 bridgehead atoms. The van der Waals surface area contributed by atoms with Crippen molar-refractivity contribution in [3.63, 3.8) is 0 Å². The van der Waals surface area contributed by atoms with Crippen molar-refractivity contribution in [2.45, 2.75) is 22.8 Å². The SMILES string of the molecule is CCN1C(=O)C(CC(=O)Nc2ccc(F)cc2)S/C1=N/S(=O)(=O)c1cccs1. The van der Waals surface area contributed by atoms with Crippen LogP contribution < -0.4 is 5.32 Å². The lowest BCUT2D eigenvalue weighted by Crippen LogP contribution is -2.33. The number of anilines is 1. The second-order valence-electron chi connectivity index (χ2n) is 5.73. The lowest BCUT2D eigenvalue weighted by Gasteiger charge is -2.13. The van der Waals surface area contributed by atoms with Crippen molar-refractivity contribution in [1.29, 1.82) is 0 Å². The van der Waals surface area contributed by atoms with Gasteiger partial charge in [-0.2, -0.15) is 8.42 Å². The predicted molar refractivity (Wildman–Crippen MR) is 107 cm³/mol. The van der Waals surface area contributed by atoms with E-state index in [4.69, 9.17) is 0 Å². The standard InChI is InChI=1S/C17H16FN3O4S3/c1-2-21-16(23)13(10-14(22)19-12-7-5-11(18)6-8-12)27-17(21)20-28(24,25)15-4-3-9-26-15/h3-9,13H,2,10H2,1H3,(H,19,22)/b20-17+. The Labute approximate surface area is 169 Å². The number of nitrogens with zero attached hydrogens (tertiary/aromatic N) is 2. The van der Waals surface area contributed by atoms with Crippen LogP contribution in [0.5, 0.6) is 0 Å². The van der Waals surface area contributed by atoms with Crippen LogP contribution in [0.1, 0.15) is 13.3 Å². The first-order valence-corrected chi connectivity index (χ1v) is 11.4. The third kappa shape index (κ3) is 4.59. The number of hydrogen-bond acceptors (Lipinski definition) is 6. The van der Waals surface area contributed by atoms with Crippen LogP contribution in [-0.4, -0.2) is 42.1 Å². The van der Waals surface area contributed by atoms with Crippen molar-refractivity contribution in [1.82, 2.24) is 4.90 Å². The van der Waals surface area contributed by atoms with Crippen LogP contribution >= 0.6 is 23.1 Å². The maximum atomic E-state index is 12.9. The summed E-state index contributed by atoms with van der Waals surface area (Å²) >= 11 is 1.99. The van der Waals surface area contributed by atoms with Gasteiger partial charge in [-0.3, -0.25) is 14.5 Å². The molecule has 0 aliphatic carbocycles. The highest BCUT2D eigenvalue weighted by molar-refractivity contribution is 8.16. The zero-order valence-corrected chi connectivity index (χ0v) is 17.1. The Balaban J connectivity index is 1.73. The normalized spacial score (nSPS) is 18.6. The van der Waals surface area contributed by atoms with Gasteiger partial charge in [0.15, 0.2) is 5.17 Å². The zero-order valence-electron chi connectivity index (χ0n) is 14.7. The molecule has 1 atom stereocenters. The van der Waals surface area contributed by atoms with Crippen LogP contribution in [-0.2, 0) is 19.6 Å². The third-order valence-corrected chi connectivity index (χ3v) is 7.71. The molecule has 1 aromatic carbocycles. The van der Waals surface area contributed by atoms with Gasteiger partial charge in [0, 0.05) is 18.7 Å². The van der Waals surface area contributed by atoms with Crippen molar-refractivity contribution in [2.24, 2.45) is 4.40 Å². The predicted octanol–water partition coefficient (Wildman–Crippen LogP) is 2.92.